The van der Waals surface area contributed by atoms with Crippen LogP contribution >= 0.6 is 11.8 Å². The largest absolute Gasteiger partial charge is 0.462 e. The average molecular weight is 394 g/mol. The number of rotatable bonds is 6. The Labute approximate surface area is 168 Å². The maximum atomic E-state index is 12.3. The third-order valence-electron chi connectivity index (χ3n) is 4.26. The molecule has 28 heavy (non-hydrogen) atoms. The van der Waals surface area contributed by atoms with Crippen molar-refractivity contribution in [2.45, 2.75) is 25.8 Å². The van der Waals surface area contributed by atoms with Crippen LogP contribution in [-0.4, -0.2) is 29.2 Å². The van der Waals surface area contributed by atoms with E-state index in [-0.39, 0.29) is 17.6 Å². The van der Waals surface area contributed by atoms with E-state index in [4.69, 9.17) is 9.72 Å². The fraction of sp³-hybridized carbons (Fsp3) is 0.227. The summed E-state index contributed by atoms with van der Waals surface area (Å²) < 4.78 is 4.95. The number of ether oxygens (including phenoxy) is 1. The Balaban J connectivity index is 1.62. The number of anilines is 1. The van der Waals surface area contributed by atoms with E-state index in [0.717, 1.165) is 27.1 Å². The van der Waals surface area contributed by atoms with Crippen LogP contribution in [0.3, 0.4) is 0 Å². The maximum Gasteiger partial charge on any atom is 0.338 e. The number of benzene rings is 2. The van der Waals surface area contributed by atoms with Gasteiger partial charge in [0.1, 0.15) is 0 Å². The molecule has 2 aromatic carbocycles. The lowest BCUT2D eigenvalue weighted by molar-refractivity contribution is -0.113. The van der Waals surface area contributed by atoms with Gasteiger partial charge in [-0.2, -0.15) is 0 Å². The Morgan fingerprint density at radius 1 is 1.07 bits per heavy atom. The van der Waals surface area contributed by atoms with Gasteiger partial charge in [-0.3, -0.25) is 4.79 Å². The van der Waals surface area contributed by atoms with Crippen LogP contribution < -0.4 is 5.32 Å². The number of hydrogen-bond acceptors (Lipinski definition) is 5. The number of amides is 1. The minimum Gasteiger partial charge on any atom is -0.462 e. The van der Waals surface area contributed by atoms with Crippen LogP contribution in [0.2, 0.25) is 0 Å². The summed E-state index contributed by atoms with van der Waals surface area (Å²) in [5.41, 5.74) is 4.33. The summed E-state index contributed by atoms with van der Waals surface area (Å²) in [4.78, 5) is 28.6. The standard InChI is InChI=1S/C22H22N2O3S/c1-4-27-22(26)16-8-10-17(11-9-16)23-19(25)13-28-20-12-15(3)18-7-5-6-14(2)21(18)24-20/h5-12H,4,13H2,1-3H3,(H,23,25). The van der Waals surface area contributed by atoms with E-state index in [2.05, 4.69) is 18.3 Å². The van der Waals surface area contributed by atoms with Crippen molar-refractivity contribution < 1.29 is 14.3 Å². The van der Waals surface area contributed by atoms with Crippen molar-refractivity contribution in [2.75, 3.05) is 17.7 Å². The zero-order valence-electron chi connectivity index (χ0n) is 16.1. The Bertz CT molecular complexity index is 1020. The van der Waals surface area contributed by atoms with Gasteiger partial charge >= 0.3 is 5.97 Å². The molecule has 0 fully saturated rings. The molecule has 0 atom stereocenters. The molecular formula is C22H22N2O3S. The molecule has 3 rings (SSSR count). The first-order valence-electron chi connectivity index (χ1n) is 9.04. The Kier molecular flexibility index (Phi) is 6.31. The number of nitrogens with one attached hydrogen (secondary N) is 1. The molecule has 0 saturated carbocycles. The number of nitrogens with zero attached hydrogens (tertiary/aromatic N) is 1. The Hall–Kier alpha value is -2.86. The van der Waals surface area contributed by atoms with Gasteiger partial charge in [0.15, 0.2) is 0 Å². The second-order valence-electron chi connectivity index (χ2n) is 6.38. The highest BCUT2D eigenvalue weighted by atomic mass is 32.2. The minimum atomic E-state index is -0.371. The van der Waals surface area contributed by atoms with Gasteiger partial charge in [0.05, 0.1) is 28.5 Å². The van der Waals surface area contributed by atoms with Gasteiger partial charge in [0.2, 0.25) is 5.91 Å². The maximum absolute atomic E-state index is 12.3. The lowest BCUT2D eigenvalue weighted by atomic mass is 10.1. The van der Waals surface area contributed by atoms with Crippen molar-refractivity contribution >= 4 is 40.2 Å². The van der Waals surface area contributed by atoms with Crippen LogP contribution in [0.1, 0.15) is 28.4 Å². The topological polar surface area (TPSA) is 68.3 Å². The van der Waals surface area contributed by atoms with E-state index >= 15 is 0 Å². The van der Waals surface area contributed by atoms with E-state index < -0.39 is 0 Å². The predicted molar refractivity (Wildman–Crippen MR) is 113 cm³/mol. The number of thioether (sulfide) groups is 1. The van der Waals surface area contributed by atoms with Crippen LogP contribution in [0.25, 0.3) is 10.9 Å². The molecular weight excluding hydrogens is 372 g/mol. The Morgan fingerprint density at radius 2 is 1.82 bits per heavy atom. The first-order valence-corrected chi connectivity index (χ1v) is 10.0. The molecule has 0 aliphatic rings. The van der Waals surface area contributed by atoms with Gasteiger partial charge in [-0.05, 0) is 62.2 Å². The highest BCUT2D eigenvalue weighted by molar-refractivity contribution is 7.99. The molecule has 1 aromatic heterocycles. The summed E-state index contributed by atoms with van der Waals surface area (Å²) in [5, 5.41) is 4.79. The number of para-hydroxylation sites is 1. The SMILES string of the molecule is CCOC(=O)c1ccc(NC(=O)CSc2cc(C)c3cccc(C)c3n2)cc1. The summed E-state index contributed by atoms with van der Waals surface area (Å²) in [6.45, 7) is 6.18. The number of pyridine rings is 1. The number of carbonyl (C=O) groups excluding carboxylic acids is 2. The Morgan fingerprint density at radius 3 is 2.54 bits per heavy atom. The predicted octanol–water partition coefficient (Wildman–Crippen LogP) is 4.76. The van der Waals surface area contributed by atoms with Gasteiger partial charge in [-0.25, -0.2) is 9.78 Å². The molecule has 0 radical (unpaired) electrons. The zero-order valence-corrected chi connectivity index (χ0v) is 16.9. The molecule has 0 spiro atoms. The van der Waals surface area contributed by atoms with E-state index in [9.17, 15) is 9.59 Å². The molecule has 0 unspecified atom stereocenters. The monoisotopic (exact) mass is 394 g/mol. The summed E-state index contributed by atoms with van der Waals surface area (Å²) in [6, 6.07) is 14.8. The third kappa shape index (κ3) is 4.70. The van der Waals surface area contributed by atoms with Crippen LogP contribution in [-0.2, 0) is 9.53 Å². The fourth-order valence-electron chi connectivity index (χ4n) is 2.85. The van der Waals surface area contributed by atoms with Crippen molar-refractivity contribution in [1.82, 2.24) is 4.98 Å². The molecule has 1 amide bonds. The smallest absolute Gasteiger partial charge is 0.338 e. The summed E-state index contributed by atoms with van der Waals surface area (Å²) >= 11 is 1.40. The lowest BCUT2D eigenvalue weighted by Crippen LogP contribution is -2.14. The van der Waals surface area contributed by atoms with Gasteiger partial charge in [0, 0.05) is 11.1 Å². The highest BCUT2D eigenvalue weighted by Crippen LogP contribution is 2.25. The lowest BCUT2D eigenvalue weighted by Gasteiger charge is -2.09. The van der Waals surface area contributed by atoms with Crippen molar-refractivity contribution in [1.29, 1.82) is 0 Å². The minimum absolute atomic E-state index is 0.127. The number of carbonyl (C=O) groups is 2. The average Bonchev–Trinajstić information content (AvgIpc) is 2.68. The number of aryl methyl sites for hydroxylation is 2. The van der Waals surface area contributed by atoms with Crippen LogP contribution in [0.4, 0.5) is 5.69 Å². The van der Waals surface area contributed by atoms with E-state index in [1.54, 1.807) is 31.2 Å². The first-order chi connectivity index (χ1) is 13.5. The summed E-state index contributed by atoms with van der Waals surface area (Å²) in [6.07, 6.45) is 0. The molecule has 0 bridgehead atoms. The zero-order chi connectivity index (χ0) is 20.1. The van der Waals surface area contributed by atoms with Gasteiger partial charge in [0.25, 0.3) is 0 Å². The van der Waals surface area contributed by atoms with Crippen molar-refractivity contribution in [2.24, 2.45) is 0 Å². The van der Waals surface area contributed by atoms with Gasteiger partial charge in [-0.1, -0.05) is 30.0 Å². The van der Waals surface area contributed by atoms with Crippen LogP contribution in [0, 0.1) is 13.8 Å². The molecule has 0 aliphatic carbocycles. The molecule has 6 heteroatoms. The number of fused-ring (bicyclic) bond motifs is 1. The highest BCUT2D eigenvalue weighted by Gasteiger charge is 2.10. The van der Waals surface area contributed by atoms with Crippen molar-refractivity contribution in [3.63, 3.8) is 0 Å². The molecule has 144 valence electrons. The summed E-state index contributed by atoms with van der Waals surface area (Å²) in [5.74, 6) is -0.245. The second-order valence-corrected chi connectivity index (χ2v) is 7.38. The normalized spacial score (nSPS) is 10.7. The summed E-state index contributed by atoms with van der Waals surface area (Å²) in [7, 11) is 0. The van der Waals surface area contributed by atoms with E-state index in [0.29, 0.717) is 17.9 Å². The molecule has 5 nitrogen and oxygen atoms in total. The first kappa shape index (κ1) is 19.9. The third-order valence-corrected chi connectivity index (χ3v) is 5.17. The quantitative estimate of drug-likeness (QED) is 0.482. The molecule has 1 N–H and O–H groups in total. The molecule has 3 aromatic rings. The van der Waals surface area contributed by atoms with E-state index in [1.807, 2.05) is 25.1 Å². The molecule has 1 heterocycles. The number of hydrogen-bond donors (Lipinski definition) is 1. The number of aromatic nitrogens is 1. The molecule has 0 saturated heterocycles. The van der Waals surface area contributed by atoms with Crippen LogP contribution in [0.15, 0.2) is 53.6 Å². The second kappa shape index (κ2) is 8.89. The van der Waals surface area contributed by atoms with E-state index in [1.165, 1.54) is 11.8 Å². The number of esters is 1. The molecule has 0 aliphatic heterocycles. The van der Waals surface area contributed by atoms with Gasteiger partial charge in [-0.15, -0.1) is 0 Å². The van der Waals surface area contributed by atoms with Crippen LogP contribution in [0.5, 0.6) is 0 Å². The fourth-order valence-corrected chi connectivity index (χ4v) is 3.61. The van der Waals surface area contributed by atoms with Crippen molar-refractivity contribution in [3.8, 4) is 0 Å². The van der Waals surface area contributed by atoms with Gasteiger partial charge < -0.3 is 10.1 Å². The van der Waals surface area contributed by atoms with Crippen molar-refractivity contribution in [3.05, 3.63) is 65.2 Å².